The Kier molecular flexibility index (Phi) is 6.69. The maximum Gasteiger partial charge on any atom is 0.264 e. The largest absolute Gasteiger partial charge is 0.489 e. The molecule has 0 aliphatic carbocycles. The van der Waals surface area contributed by atoms with E-state index in [-0.39, 0.29) is 24.0 Å². The molecule has 6 nitrogen and oxygen atoms in total. The molecule has 0 unspecified atom stereocenters. The Morgan fingerprint density at radius 1 is 1.10 bits per heavy atom. The molecule has 0 aliphatic heterocycles. The highest BCUT2D eigenvalue weighted by molar-refractivity contribution is 7.92. The topological polar surface area (TPSA) is 72.6 Å². The number of hydrogen-bond acceptors (Lipinski definition) is 5. The lowest BCUT2D eigenvalue weighted by Gasteiger charge is -2.26. The van der Waals surface area contributed by atoms with Gasteiger partial charge >= 0.3 is 0 Å². The number of halogens is 1. The second kappa shape index (κ2) is 9.09. The van der Waals surface area contributed by atoms with E-state index in [1.165, 1.54) is 28.6 Å². The van der Waals surface area contributed by atoms with Gasteiger partial charge in [0, 0.05) is 6.54 Å². The van der Waals surface area contributed by atoms with Crippen molar-refractivity contribution < 1.29 is 22.1 Å². The first-order valence-corrected chi connectivity index (χ1v) is 11.5. The van der Waals surface area contributed by atoms with Crippen molar-refractivity contribution in [2.45, 2.75) is 46.1 Å². The first-order chi connectivity index (χ1) is 14.6. The molecule has 0 amide bonds. The molecule has 0 spiro atoms. The smallest absolute Gasteiger partial charge is 0.264 e. The maximum absolute atomic E-state index is 14.0. The van der Waals surface area contributed by atoms with E-state index in [0.29, 0.717) is 22.8 Å². The van der Waals surface area contributed by atoms with Gasteiger partial charge in [0.2, 0.25) is 0 Å². The summed E-state index contributed by atoms with van der Waals surface area (Å²) in [7, 11) is -3.88. The average molecular weight is 447 g/mol. The summed E-state index contributed by atoms with van der Waals surface area (Å²) in [6.45, 7) is 9.72. The first kappa shape index (κ1) is 22.8. The van der Waals surface area contributed by atoms with E-state index in [2.05, 4.69) is 5.16 Å². The number of anilines is 1. The van der Waals surface area contributed by atoms with Gasteiger partial charge in [-0.15, -0.1) is 0 Å². The molecule has 0 atom stereocenters. The van der Waals surface area contributed by atoms with Crippen LogP contribution in [-0.4, -0.2) is 20.1 Å². The highest BCUT2D eigenvalue weighted by atomic mass is 32.2. The van der Waals surface area contributed by atoms with Crippen LogP contribution in [0.3, 0.4) is 0 Å². The van der Waals surface area contributed by atoms with Crippen LogP contribution in [0.15, 0.2) is 51.9 Å². The summed E-state index contributed by atoms with van der Waals surface area (Å²) in [4.78, 5) is 0.111. The van der Waals surface area contributed by atoms with E-state index in [1.807, 2.05) is 27.7 Å². The summed E-state index contributed by atoms with van der Waals surface area (Å²) < 4.78 is 52.9. The molecular weight excluding hydrogens is 419 g/mol. The monoisotopic (exact) mass is 446 g/mol. The molecule has 3 aromatic rings. The summed E-state index contributed by atoms with van der Waals surface area (Å²) >= 11 is 0. The minimum absolute atomic E-state index is 0.0519. The maximum atomic E-state index is 14.0. The van der Waals surface area contributed by atoms with Crippen LogP contribution in [0.1, 0.15) is 36.4 Å². The van der Waals surface area contributed by atoms with Gasteiger partial charge in [-0.3, -0.25) is 4.31 Å². The standard InChI is InChI=1S/C23H27FN2O4S/c1-15(2)13-26(20-11-16(3)10-19(24)12-20)31(27,28)22-8-6-21(7-9-22)29-14-23-17(4)25-30-18(23)5/h6-12,15H,13-14H2,1-5H3. The van der Waals surface area contributed by atoms with Crippen molar-refractivity contribution >= 4 is 15.7 Å². The zero-order chi connectivity index (χ0) is 22.8. The Labute approximate surface area is 182 Å². The van der Waals surface area contributed by atoms with Gasteiger partial charge in [0.1, 0.15) is 23.9 Å². The first-order valence-electron chi connectivity index (χ1n) is 10.0. The minimum Gasteiger partial charge on any atom is -0.489 e. The van der Waals surface area contributed by atoms with Gasteiger partial charge in [-0.1, -0.05) is 19.0 Å². The summed E-state index contributed by atoms with van der Waals surface area (Å²) in [5.41, 5.74) is 2.58. The molecule has 0 saturated carbocycles. The van der Waals surface area contributed by atoms with E-state index in [4.69, 9.17) is 9.26 Å². The fraction of sp³-hybridized carbons (Fsp3) is 0.348. The third-order valence-corrected chi connectivity index (χ3v) is 6.63. The summed E-state index contributed by atoms with van der Waals surface area (Å²) in [5, 5.41) is 3.89. The lowest BCUT2D eigenvalue weighted by atomic mass is 10.2. The highest BCUT2D eigenvalue weighted by Gasteiger charge is 2.26. The van der Waals surface area contributed by atoms with Gasteiger partial charge in [0.15, 0.2) is 0 Å². The summed E-state index contributed by atoms with van der Waals surface area (Å²) in [6, 6.07) is 10.5. The third-order valence-electron chi connectivity index (χ3n) is 4.82. The number of rotatable bonds is 8. The van der Waals surface area contributed by atoms with Crippen LogP contribution in [0, 0.1) is 32.5 Å². The molecular formula is C23H27FN2O4S. The molecule has 166 valence electrons. The van der Waals surface area contributed by atoms with Gasteiger partial charge in [0.25, 0.3) is 10.0 Å². The quantitative estimate of drug-likeness (QED) is 0.477. The van der Waals surface area contributed by atoms with Crippen molar-refractivity contribution in [3.8, 4) is 5.75 Å². The van der Waals surface area contributed by atoms with Crippen LogP contribution in [0.5, 0.6) is 5.75 Å². The van der Waals surface area contributed by atoms with E-state index in [9.17, 15) is 12.8 Å². The number of hydrogen-bond donors (Lipinski definition) is 0. The Morgan fingerprint density at radius 2 is 1.77 bits per heavy atom. The number of benzene rings is 2. The molecule has 0 saturated heterocycles. The second-order valence-electron chi connectivity index (χ2n) is 7.98. The molecule has 0 aliphatic rings. The lowest BCUT2D eigenvalue weighted by Crippen LogP contribution is -2.34. The molecule has 0 radical (unpaired) electrons. The van der Waals surface area contributed by atoms with Crippen molar-refractivity contribution in [3.05, 3.63) is 70.9 Å². The van der Waals surface area contributed by atoms with Crippen molar-refractivity contribution in [1.29, 1.82) is 0 Å². The predicted molar refractivity (Wildman–Crippen MR) is 117 cm³/mol. The molecule has 1 heterocycles. The number of ether oxygens (including phenoxy) is 1. The molecule has 0 fully saturated rings. The predicted octanol–water partition coefficient (Wildman–Crippen LogP) is 5.17. The van der Waals surface area contributed by atoms with Gasteiger partial charge in [0.05, 0.1) is 21.8 Å². The van der Waals surface area contributed by atoms with Crippen LogP contribution in [0.4, 0.5) is 10.1 Å². The van der Waals surface area contributed by atoms with E-state index >= 15 is 0 Å². The van der Waals surface area contributed by atoms with E-state index in [0.717, 1.165) is 11.3 Å². The van der Waals surface area contributed by atoms with Crippen LogP contribution >= 0.6 is 0 Å². The minimum atomic E-state index is -3.88. The zero-order valence-corrected chi connectivity index (χ0v) is 19.2. The Balaban J connectivity index is 1.86. The van der Waals surface area contributed by atoms with Crippen molar-refractivity contribution in [3.63, 3.8) is 0 Å². The highest BCUT2D eigenvalue weighted by Crippen LogP contribution is 2.28. The average Bonchev–Trinajstić information content (AvgIpc) is 3.01. The molecule has 1 aromatic heterocycles. The van der Waals surface area contributed by atoms with Gasteiger partial charge < -0.3 is 9.26 Å². The lowest BCUT2D eigenvalue weighted by molar-refractivity contribution is 0.301. The fourth-order valence-electron chi connectivity index (χ4n) is 3.23. The molecule has 31 heavy (non-hydrogen) atoms. The normalized spacial score (nSPS) is 11.7. The molecule has 8 heteroatoms. The number of nitrogens with zero attached hydrogens (tertiary/aromatic N) is 2. The SMILES string of the molecule is Cc1cc(F)cc(N(CC(C)C)S(=O)(=O)c2ccc(OCc3c(C)noc3C)cc2)c1. The van der Waals surface area contributed by atoms with Gasteiger partial charge in [-0.2, -0.15) is 0 Å². The second-order valence-corrected chi connectivity index (χ2v) is 9.84. The number of sulfonamides is 1. The fourth-order valence-corrected chi connectivity index (χ4v) is 4.85. The van der Waals surface area contributed by atoms with Gasteiger partial charge in [-0.25, -0.2) is 12.8 Å². The number of aromatic nitrogens is 1. The Bertz CT molecular complexity index is 1120. The van der Waals surface area contributed by atoms with Crippen LogP contribution in [-0.2, 0) is 16.6 Å². The van der Waals surface area contributed by atoms with Crippen LogP contribution in [0.25, 0.3) is 0 Å². The van der Waals surface area contributed by atoms with E-state index in [1.54, 1.807) is 25.1 Å². The third kappa shape index (κ3) is 5.25. The van der Waals surface area contributed by atoms with Crippen molar-refractivity contribution in [2.75, 3.05) is 10.8 Å². The molecule has 0 N–H and O–H groups in total. The molecule has 2 aromatic carbocycles. The molecule has 3 rings (SSSR count). The zero-order valence-electron chi connectivity index (χ0n) is 18.3. The number of aryl methyl sites for hydroxylation is 3. The summed E-state index contributed by atoms with van der Waals surface area (Å²) in [5.74, 6) is 0.792. The van der Waals surface area contributed by atoms with Crippen LogP contribution in [0.2, 0.25) is 0 Å². The Morgan fingerprint density at radius 3 is 2.32 bits per heavy atom. The van der Waals surface area contributed by atoms with E-state index < -0.39 is 15.8 Å². The van der Waals surface area contributed by atoms with Gasteiger partial charge in [-0.05, 0) is 74.7 Å². The Hall–Kier alpha value is -2.87. The van der Waals surface area contributed by atoms with Crippen molar-refractivity contribution in [2.24, 2.45) is 5.92 Å². The van der Waals surface area contributed by atoms with Crippen molar-refractivity contribution in [1.82, 2.24) is 5.16 Å². The van der Waals surface area contributed by atoms with Crippen LogP contribution < -0.4 is 9.04 Å². The molecule has 0 bridgehead atoms. The summed E-state index contributed by atoms with van der Waals surface area (Å²) in [6.07, 6.45) is 0.